The highest BCUT2D eigenvalue weighted by molar-refractivity contribution is 7.99. The van der Waals surface area contributed by atoms with E-state index in [1.165, 1.54) is 22.7 Å². The van der Waals surface area contributed by atoms with Crippen molar-refractivity contribution in [2.75, 3.05) is 19.4 Å². The van der Waals surface area contributed by atoms with Gasteiger partial charge in [-0.1, -0.05) is 36.0 Å². The van der Waals surface area contributed by atoms with Gasteiger partial charge in [0.1, 0.15) is 23.9 Å². The third-order valence-electron chi connectivity index (χ3n) is 5.65. The second-order valence-corrected chi connectivity index (χ2v) is 8.87. The number of hydrogen-bond acceptors (Lipinski definition) is 7. The van der Waals surface area contributed by atoms with Crippen LogP contribution in [0.25, 0.3) is 5.69 Å². The fourth-order valence-corrected chi connectivity index (χ4v) is 4.74. The van der Waals surface area contributed by atoms with Gasteiger partial charge in [0.05, 0.1) is 23.9 Å². The molecule has 2 heterocycles. The van der Waals surface area contributed by atoms with Crippen molar-refractivity contribution in [3.8, 4) is 17.2 Å². The summed E-state index contributed by atoms with van der Waals surface area (Å²) in [5.74, 6) is 0.981. The lowest BCUT2D eigenvalue weighted by molar-refractivity contribution is 0.0664. The molecule has 0 fully saturated rings. The van der Waals surface area contributed by atoms with Crippen molar-refractivity contribution in [1.29, 1.82) is 0 Å². The number of rotatable bonds is 9. The van der Waals surface area contributed by atoms with Gasteiger partial charge in [0.2, 0.25) is 0 Å². The average molecular weight is 505 g/mol. The predicted octanol–water partition coefficient (Wildman–Crippen LogP) is 4.38. The summed E-state index contributed by atoms with van der Waals surface area (Å²) >= 11 is 1.27. The second-order valence-electron chi connectivity index (χ2n) is 7.81. The molecule has 10 heteroatoms. The third-order valence-corrected chi connectivity index (χ3v) is 6.55. The van der Waals surface area contributed by atoms with Crippen LogP contribution in [0.2, 0.25) is 0 Å². The van der Waals surface area contributed by atoms with E-state index >= 15 is 0 Å². The van der Waals surface area contributed by atoms with Crippen molar-refractivity contribution in [2.24, 2.45) is 0 Å². The van der Waals surface area contributed by atoms with Crippen LogP contribution < -0.4 is 9.47 Å². The maximum Gasteiger partial charge on any atom is 0.261 e. The van der Waals surface area contributed by atoms with E-state index < -0.39 is 5.82 Å². The van der Waals surface area contributed by atoms with Gasteiger partial charge < -0.3 is 9.47 Å². The summed E-state index contributed by atoms with van der Waals surface area (Å²) in [4.78, 5) is 26.5. The van der Waals surface area contributed by atoms with Gasteiger partial charge in [-0.25, -0.2) is 4.39 Å². The first-order valence-electron chi connectivity index (χ1n) is 11.1. The first kappa shape index (κ1) is 23.6. The molecule has 36 heavy (non-hydrogen) atoms. The molecule has 0 unspecified atom stereocenters. The molecule has 0 aliphatic carbocycles. The number of carbonyl (C=O) groups is 2. The smallest absolute Gasteiger partial charge is 0.261 e. The summed E-state index contributed by atoms with van der Waals surface area (Å²) in [5, 5.41) is 8.88. The van der Waals surface area contributed by atoms with Gasteiger partial charge >= 0.3 is 0 Å². The van der Waals surface area contributed by atoms with Crippen LogP contribution >= 0.6 is 11.8 Å². The molecule has 0 N–H and O–H groups in total. The van der Waals surface area contributed by atoms with Crippen LogP contribution in [0.4, 0.5) is 4.39 Å². The summed E-state index contributed by atoms with van der Waals surface area (Å²) in [5.41, 5.74) is 1.08. The van der Waals surface area contributed by atoms with E-state index in [0.29, 0.717) is 39.4 Å². The van der Waals surface area contributed by atoms with Crippen LogP contribution in [-0.2, 0) is 6.61 Å². The Labute approximate surface area is 210 Å². The molecular formula is C26H21FN4O4S. The van der Waals surface area contributed by atoms with Crippen molar-refractivity contribution in [2.45, 2.75) is 11.8 Å². The number of nitrogens with zero attached hydrogens (tertiary/aromatic N) is 4. The molecule has 0 spiro atoms. The largest absolute Gasteiger partial charge is 0.497 e. The number of imide groups is 1. The van der Waals surface area contributed by atoms with E-state index in [1.54, 1.807) is 78.4 Å². The fourth-order valence-electron chi connectivity index (χ4n) is 3.85. The van der Waals surface area contributed by atoms with Crippen molar-refractivity contribution in [3.05, 3.63) is 95.6 Å². The fraction of sp³-hybridized carbons (Fsp3) is 0.154. The van der Waals surface area contributed by atoms with E-state index in [9.17, 15) is 14.0 Å². The maximum absolute atomic E-state index is 14.7. The number of hydrogen-bond donors (Lipinski definition) is 0. The second kappa shape index (κ2) is 10.2. The molecule has 182 valence electrons. The number of fused-ring (bicyclic) bond motifs is 1. The molecule has 3 aromatic carbocycles. The van der Waals surface area contributed by atoms with Gasteiger partial charge in [-0.15, -0.1) is 10.2 Å². The quantitative estimate of drug-likeness (QED) is 0.247. The number of aromatic nitrogens is 3. The number of thioether (sulfide) groups is 1. The monoisotopic (exact) mass is 504 g/mol. The van der Waals surface area contributed by atoms with Crippen molar-refractivity contribution < 1.29 is 23.5 Å². The zero-order valence-electron chi connectivity index (χ0n) is 19.3. The number of benzene rings is 3. The molecule has 1 aliphatic rings. The highest BCUT2D eigenvalue weighted by Crippen LogP contribution is 2.27. The molecule has 1 aliphatic heterocycles. The van der Waals surface area contributed by atoms with Gasteiger partial charge in [-0.3, -0.25) is 19.1 Å². The lowest BCUT2D eigenvalue weighted by Gasteiger charge is -2.14. The van der Waals surface area contributed by atoms with E-state index in [4.69, 9.17) is 9.47 Å². The summed E-state index contributed by atoms with van der Waals surface area (Å²) in [6, 6.07) is 20.1. The van der Waals surface area contributed by atoms with Crippen LogP contribution in [0.1, 0.15) is 26.5 Å². The zero-order chi connectivity index (χ0) is 25.1. The maximum atomic E-state index is 14.7. The van der Waals surface area contributed by atoms with E-state index in [-0.39, 0.29) is 30.7 Å². The predicted molar refractivity (Wildman–Crippen MR) is 131 cm³/mol. The Morgan fingerprint density at radius 1 is 0.861 bits per heavy atom. The van der Waals surface area contributed by atoms with Crippen molar-refractivity contribution >= 4 is 23.6 Å². The lowest BCUT2D eigenvalue weighted by atomic mass is 10.1. The molecule has 0 bridgehead atoms. The molecule has 0 atom stereocenters. The lowest BCUT2D eigenvalue weighted by Crippen LogP contribution is -2.31. The van der Waals surface area contributed by atoms with Gasteiger partial charge in [0.15, 0.2) is 11.0 Å². The number of para-hydroxylation sites is 1. The first-order valence-corrected chi connectivity index (χ1v) is 12.1. The minimum Gasteiger partial charge on any atom is -0.497 e. The Hall–Kier alpha value is -4.18. The van der Waals surface area contributed by atoms with E-state index in [0.717, 1.165) is 0 Å². The zero-order valence-corrected chi connectivity index (χ0v) is 20.1. The highest BCUT2D eigenvalue weighted by Gasteiger charge is 2.34. The summed E-state index contributed by atoms with van der Waals surface area (Å²) in [7, 11) is 1.58. The standard InChI is InChI=1S/C26H21FN4O4S/c1-34-17-10-12-18(13-11-17)35-16-23-28-29-26(31(23)22-9-5-4-8-21(22)27)36-15-14-30-24(32)19-6-2-3-7-20(19)25(30)33/h2-13H,14-16H2,1H3. The molecular weight excluding hydrogens is 483 g/mol. The van der Waals surface area contributed by atoms with Crippen molar-refractivity contribution in [3.63, 3.8) is 0 Å². The normalized spacial score (nSPS) is 12.7. The topological polar surface area (TPSA) is 86.6 Å². The molecule has 4 aromatic rings. The van der Waals surface area contributed by atoms with E-state index in [2.05, 4.69) is 10.2 Å². The molecule has 5 rings (SSSR count). The molecule has 0 saturated carbocycles. The number of halogens is 1. The Morgan fingerprint density at radius 3 is 2.17 bits per heavy atom. The van der Waals surface area contributed by atoms with Gasteiger partial charge in [0.25, 0.3) is 11.8 Å². The van der Waals surface area contributed by atoms with Crippen LogP contribution in [-0.4, -0.2) is 50.9 Å². The van der Waals surface area contributed by atoms with E-state index in [1.807, 2.05) is 0 Å². The molecule has 0 saturated heterocycles. The third kappa shape index (κ3) is 4.55. The van der Waals surface area contributed by atoms with Crippen LogP contribution in [0.5, 0.6) is 11.5 Å². The van der Waals surface area contributed by atoms with Gasteiger partial charge in [0, 0.05) is 12.3 Å². The summed E-state index contributed by atoms with van der Waals surface area (Å²) in [6.45, 7) is 0.228. The van der Waals surface area contributed by atoms with Crippen LogP contribution in [0, 0.1) is 5.82 Å². The number of ether oxygens (including phenoxy) is 2. The number of amides is 2. The summed E-state index contributed by atoms with van der Waals surface area (Å²) in [6.07, 6.45) is 0. The Morgan fingerprint density at radius 2 is 1.50 bits per heavy atom. The van der Waals surface area contributed by atoms with Crippen LogP contribution in [0.3, 0.4) is 0 Å². The number of carbonyl (C=O) groups excluding carboxylic acids is 2. The minimum absolute atomic E-state index is 0.0482. The van der Waals surface area contributed by atoms with Gasteiger partial charge in [-0.05, 0) is 48.5 Å². The Bertz CT molecular complexity index is 1390. The van der Waals surface area contributed by atoms with Gasteiger partial charge in [-0.2, -0.15) is 0 Å². The van der Waals surface area contributed by atoms with Crippen LogP contribution in [0.15, 0.2) is 78.0 Å². The first-order chi connectivity index (χ1) is 17.6. The molecule has 8 nitrogen and oxygen atoms in total. The SMILES string of the molecule is COc1ccc(OCc2nnc(SCCN3C(=O)c4ccccc4C3=O)n2-c2ccccc2F)cc1. The Balaban J connectivity index is 1.33. The molecule has 2 amide bonds. The minimum atomic E-state index is -0.440. The average Bonchev–Trinajstić information content (AvgIpc) is 3.42. The Kier molecular flexibility index (Phi) is 6.68. The number of methoxy groups -OCH3 is 1. The molecule has 1 aromatic heterocycles. The van der Waals surface area contributed by atoms with Crippen molar-refractivity contribution in [1.82, 2.24) is 19.7 Å². The summed E-state index contributed by atoms with van der Waals surface area (Å²) < 4.78 is 27.3. The molecule has 0 radical (unpaired) electrons. The highest BCUT2D eigenvalue weighted by atomic mass is 32.2.